The van der Waals surface area contributed by atoms with Gasteiger partial charge < -0.3 is 9.47 Å². The lowest BCUT2D eigenvalue weighted by Gasteiger charge is -2.19. The maximum atomic E-state index is 11.8. The largest absolute Gasteiger partial charge is 0.486 e. The van der Waals surface area contributed by atoms with Crippen LogP contribution >= 0.6 is 0 Å². The minimum atomic E-state index is -0.118. The van der Waals surface area contributed by atoms with Crippen molar-refractivity contribution >= 4 is 12.1 Å². The van der Waals surface area contributed by atoms with Gasteiger partial charge in [-0.25, -0.2) is 5.43 Å². The molecule has 1 aliphatic heterocycles. The predicted octanol–water partition coefficient (Wildman–Crippen LogP) is 2.54. The Hall–Kier alpha value is -2.82. The molecule has 1 N–H and O–H groups in total. The quantitative estimate of drug-likeness (QED) is 0.682. The van der Waals surface area contributed by atoms with Crippen molar-refractivity contribution < 1.29 is 14.3 Å². The highest BCUT2D eigenvalue weighted by Gasteiger charge is 2.14. The molecule has 118 valence electrons. The molecule has 2 aromatic rings. The van der Waals surface area contributed by atoms with Gasteiger partial charge in [0.25, 0.3) is 0 Å². The Balaban J connectivity index is 1.54. The number of carbonyl (C=O) groups is 1. The number of aryl methyl sites for hydroxylation is 1. The number of amides is 1. The summed E-state index contributed by atoms with van der Waals surface area (Å²) < 4.78 is 11.1. The van der Waals surface area contributed by atoms with Gasteiger partial charge in [0.2, 0.25) is 5.91 Å². The molecule has 0 spiro atoms. The third kappa shape index (κ3) is 4.10. The maximum absolute atomic E-state index is 11.8. The normalized spacial score (nSPS) is 13.0. The average Bonchev–Trinajstić information content (AvgIpc) is 2.61. The van der Waals surface area contributed by atoms with Crippen molar-refractivity contribution in [1.82, 2.24) is 5.43 Å². The minimum Gasteiger partial charge on any atom is -0.486 e. The molecule has 0 aromatic heterocycles. The first-order valence-electron chi connectivity index (χ1n) is 7.57. The molecule has 1 heterocycles. The average molecular weight is 310 g/mol. The van der Waals surface area contributed by atoms with Crippen molar-refractivity contribution in [3.05, 3.63) is 59.7 Å². The summed E-state index contributed by atoms with van der Waals surface area (Å²) in [6.45, 7) is 1.06. The number of nitrogens with one attached hydrogen (secondary N) is 1. The molecule has 5 heteroatoms. The Bertz CT molecular complexity index is 699. The van der Waals surface area contributed by atoms with E-state index in [1.54, 1.807) is 6.21 Å². The third-order valence-corrected chi connectivity index (χ3v) is 3.47. The van der Waals surface area contributed by atoms with E-state index in [0.717, 1.165) is 11.1 Å². The number of fused-ring (bicyclic) bond motifs is 1. The van der Waals surface area contributed by atoms with Crippen LogP contribution in [0.25, 0.3) is 0 Å². The smallest absolute Gasteiger partial charge is 0.240 e. The molecule has 1 aliphatic rings. The zero-order chi connectivity index (χ0) is 15.9. The number of para-hydroxylation sites is 1. The number of hydrogen-bond acceptors (Lipinski definition) is 4. The van der Waals surface area contributed by atoms with Crippen LogP contribution in [0, 0.1) is 0 Å². The topological polar surface area (TPSA) is 59.9 Å². The monoisotopic (exact) mass is 310 g/mol. The minimum absolute atomic E-state index is 0.118. The van der Waals surface area contributed by atoms with Gasteiger partial charge in [0.05, 0.1) is 6.21 Å². The van der Waals surface area contributed by atoms with E-state index >= 15 is 0 Å². The standard InChI is InChI=1S/C18H18N2O3/c21-17(10-9-14-5-2-1-3-6-14)20-19-13-15-7-4-8-16-18(15)23-12-11-22-16/h1-8,13H,9-12H2,(H,20,21)/b19-13-. The van der Waals surface area contributed by atoms with Crippen LogP contribution in [0.4, 0.5) is 0 Å². The highest BCUT2D eigenvalue weighted by Crippen LogP contribution is 2.32. The number of hydrazone groups is 1. The molecule has 5 nitrogen and oxygen atoms in total. The van der Waals surface area contributed by atoms with Crippen molar-refractivity contribution in [2.75, 3.05) is 13.2 Å². The maximum Gasteiger partial charge on any atom is 0.240 e. The van der Waals surface area contributed by atoms with Crippen molar-refractivity contribution in [3.63, 3.8) is 0 Å². The van der Waals surface area contributed by atoms with Crippen LogP contribution in [-0.4, -0.2) is 25.3 Å². The van der Waals surface area contributed by atoms with Crippen LogP contribution < -0.4 is 14.9 Å². The van der Waals surface area contributed by atoms with Gasteiger partial charge in [-0.05, 0) is 24.1 Å². The summed E-state index contributed by atoms with van der Waals surface area (Å²) >= 11 is 0. The molecule has 1 amide bonds. The molecule has 0 bridgehead atoms. The molecule has 0 atom stereocenters. The van der Waals surface area contributed by atoms with Crippen LogP contribution in [0.1, 0.15) is 17.5 Å². The first-order valence-corrected chi connectivity index (χ1v) is 7.57. The van der Waals surface area contributed by atoms with Gasteiger partial charge >= 0.3 is 0 Å². The molecule has 2 aromatic carbocycles. The van der Waals surface area contributed by atoms with E-state index in [-0.39, 0.29) is 5.91 Å². The van der Waals surface area contributed by atoms with E-state index in [4.69, 9.17) is 9.47 Å². The van der Waals surface area contributed by atoms with Crippen LogP contribution in [0.15, 0.2) is 53.6 Å². The molecular formula is C18H18N2O3. The Labute approximate surface area is 134 Å². The van der Waals surface area contributed by atoms with E-state index in [1.807, 2.05) is 48.5 Å². The zero-order valence-electron chi connectivity index (χ0n) is 12.7. The second kappa shape index (κ2) is 7.45. The van der Waals surface area contributed by atoms with Gasteiger partial charge in [-0.2, -0.15) is 5.10 Å². The Morgan fingerprint density at radius 1 is 1.09 bits per heavy atom. The fourth-order valence-electron chi connectivity index (χ4n) is 2.33. The number of rotatable bonds is 5. The van der Waals surface area contributed by atoms with Crippen LogP contribution in [-0.2, 0) is 11.2 Å². The van der Waals surface area contributed by atoms with Crippen LogP contribution in [0.5, 0.6) is 11.5 Å². The van der Waals surface area contributed by atoms with Crippen molar-refractivity contribution in [2.24, 2.45) is 5.10 Å². The highest BCUT2D eigenvalue weighted by molar-refractivity contribution is 5.86. The molecule has 0 aliphatic carbocycles. The lowest BCUT2D eigenvalue weighted by molar-refractivity contribution is -0.121. The lowest BCUT2D eigenvalue weighted by Crippen LogP contribution is -2.19. The molecule has 0 saturated carbocycles. The first-order chi connectivity index (χ1) is 11.3. The number of benzene rings is 2. The second-order valence-electron chi connectivity index (χ2n) is 5.15. The van der Waals surface area contributed by atoms with Gasteiger partial charge in [-0.3, -0.25) is 4.79 Å². The molecule has 0 unspecified atom stereocenters. The van der Waals surface area contributed by atoms with E-state index in [0.29, 0.717) is 37.6 Å². The SMILES string of the molecule is O=C(CCc1ccccc1)N/N=C\c1cccc2c1OCCO2. The first kappa shape index (κ1) is 15.1. The van der Waals surface area contributed by atoms with Gasteiger partial charge in [0, 0.05) is 12.0 Å². The summed E-state index contributed by atoms with van der Waals surface area (Å²) in [5, 5.41) is 4.00. The number of ether oxygens (including phenoxy) is 2. The Kier molecular flexibility index (Phi) is 4.88. The summed E-state index contributed by atoms with van der Waals surface area (Å²) in [7, 11) is 0. The molecule has 0 saturated heterocycles. The summed E-state index contributed by atoms with van der Waals surface area (Å²) in [5.74, 6) is 1.25. The van der Waals surface area contributed by atoms with Crippen molar-refractivity contribution in [1.29, 1.82) is 0 Å². The third-order valence-electron chi connectivity index (χ3n) is 3.47. The van der Waals surface area contributed by atoms with Gasteiger partial charge in [-0.1, -0.05) is 36.4 Å². The Morgan fingerprint density at radius 2 is 1.91 bits per heavy atom. The van der Waals surface area contributed by atoms with Gasteiger partial charge in [0.1, 0.15) is 13.2 Å². The van der Waals surface area contributed by atoms with Gasteiger partial charge in [-0.15, -0.1) is 0 Å². The number of hydrogen-bond donors (Lipinski definition) is 1. The molecule has 23 heavy (non-hydrogen) atoms. The molecule has 0 radical (unpaired) electrons. The highest BCUT2D eigenvalue weighted by atomic mass is 16.6. The summed E-state index contributed by atoms with van der Waals surface area (Å²) in [5.41, 5.74) is 4.46. The van der Waals surface area contributed by atoms with E-state index in [1.165, 1.54) is 0 Å². The zero-order valence-corrected chi connectivity index (χ0v) is 12.7. The summed E-state index contributed by atoms with van der Waals surface area (Å²) in [6.07, 6.45) is 2.67. The molecule has 3 rings (SSSR count). The van der Waals surface area contributed by atoms with E-state index in [9.17, 15) is 4.79 Å². The van der Waals surface area contributed by atoms with Crippen LogP contribution in [0.2, 0.25) is 0 Å². The second-order valence-corrected chi connectivity index (χ2v) is 5.15. The summed E-state index contributed by atoms with van der Waals surface area (Å²) in [4.78, 5) is 11.8. The lowest BCUT2D eigenvalue weighted by atomic mass is 10.1. The molecule has 0 fully saturated rings. The van der Waals surface area contributed by atoms with Gasteiger partial charge in [0.15, 0.2) is 11.5 Å². The van der Waals surface area contributed by atoms with Crippen LogP contribution in [0.3, 0.4) is 0 Å². The summed E-state index contributed by atoms with van der Waals surface area (Å²) in [6, 6.07) is 15.5. The number of carbonyl (C=O) groups excluding carboxylic acids is 1. The fourth-order valence-corrected chi connectivity index (χ4v) is 2.33. The Morgan fingerprint density at radius 3 is 2.78 bits per heavy atom. The van der Waals surface area contributed by atoms with E-state index < -0.39 is 0 Å². The van der Waals surface area contributed by atoms with E-state index in [2.05, 4.69) is 10.5 Å². The van der Waals surface area contributed by atoms with Crippen molar-refractivity contribution in [3.8, 4) is 11.5 Å². The fraction of sp³-hybridized carbons (Fsp3) is 0.222. The predicted molar refractivity (Wildman–Crippen MR) is 87.9 cm³/mol. The number of nitrogens with zero attached hydrogens (tertiary/aromatic N) is 1. The molecular weight excluding hydrogens is 292 g/mol. The van der Waals surface area contributed by atoms with Crippen molar-refractivity contribution in [2.45, 2.75) is 12.8 Å².